The standard InChI is InChI=1S/C19H22ClN3O2/c1-12-6-3-4-9-16(12)25-11-17(24)21-19-18(13(2)22-23-19)14-7-5-8-15(20)10-14/h3-10,13,18-19,22-23H,11H2,1-2H3,(H,21,24). The van der Waals surface area contributed by atoms with E-state index in [0.717, 1.165) is 16.9 Å². The molecule has 3 atom stereocenters. The van der Waals surface area contributed by atoms with Crippen molar-refractivity contribution < 1.29 is 9.53 Å². The van der Waals surface area contributed by atoms with E-state index in [-0.39, 0.29) is 30.6 Å². The van der Waals surface area contributed by atoms with E-state index >= 15 is 0 Å². The first-order valence-electron chi connectivity index (χ1n) is 8.29. The second-order valence-corrected chi connectivity index (χ2v) is 6.69. The van der Waals surface area contributed by atoms with E-state index < -0.39 is 0 Å². The van der Waals surface area contributed by atoms with Crippen LogP contribution in [0.4, 0.5) is 0 Å². The maximum atomic E-state index is 12.3. The molecule has 0 aliphatic carbocycles. The number of halogens is 1. The number of hydrogen-bond acceptors (Lipinski definition) is 4. The Morgan fingerprint density at radius 2 is 2.00 bits per heavy atom. The van der Waals surface area contributed by atoms with Gasteiger partial charge in [-0.2, -0.15) is 0 Å². The van der Waals surface area contributed by atoms with Gasteiger partial charge in [0.2, 0.25) is 0 Å². The predicted octanol–water partition coefficient (Wildman–Crippen LogP) is 2.75. The Labute approximate surface area is 152 Å². The van der Waals surface area contributed by atoms with Crippen molar-refractivity contribution in [2.45, 2.75) is 32.0 Å². The van der Waals surface area contributed by atoms with Crippen LogP contribution in [0.1, 0.15) is 24.0 Å². The van der Waals surface area contributed by atoms with E-state index in [9.17, 15) is 4.79 Å². The molecular formula is C19H22ClN3O2. The van der Waals surface area contributed by atoms with E-state index in [0.29, 0.717) is 5.02 Å². The molecular weight excluding hydrogens is 338 g/mol. The molecule has 3 rings (SSSR count). The molecule has 1 fully saturated rings. The molecule has 0 spiro atoms. The van der Waals surface area contributed by atoms with Crippen LogP contribution in [0.15, 0.2) is 48.5 Å². The van der Waals surface area contributed by atoms with E-state index in [1.165, 1.54) is 0 Å². The number of amides is 1. The lowest BCUT2D eigenvalue weighted by Gasteiger charge is -2.22. The normalized spacial score (nSPS) is 22.6. The van der Waals surface area contributed by atoms with E-state index in [2.05, 4.69) is 23.1 Å². The van der Waals surface area contributed by atoms with Gasteiger partial charge in [-0.1, -0.05) is 41.9 Å². The molecule has 1 amide bonds. The highest BCUT2D eigenvalue weighted by Gasteiger charge is 2.35. The minimum atomic E-state index is -0.235. The fourth-order valence-corrected chi connectivity index (χ4v) is 3.29. The number of benzene rings is 2. The third-order valence-corrected chi connectivity index (χ3v) is 4.60. The summed E-state index contributed by atoms with van der Waals surface area (Å²) >= 11 is 6.11. The van der Waals surface area contributed by atoms with Crippen LogP contribution in [0.5, 0.6) is 5.75 Å². The van der Waals surface area contributed by atoms with Crippen molar-refractivity contribution >= 4 is 17.5 Å². The Morgan fingerprint density at radius 3 is 2.76 bits per heavy atom. The molecule has 3 N–H and O–H groups in total. The quantitative estimate of drug-likeness (QED) is 0.768. The summed E-state index contributed by atoms with van der Waals surface area (Å²) in [6.45, 7) is 3.99. The van der Waals surface area contributed by atoms with Crippen LogP contribution in [0, 0.1) is 6.92 Å². The van der Waals surface area contributed by atoms with Crippen molar-refractivity contribution in [2.24, 2.45) is 0 Å². The SMILES string of the molecule is Cc1ccccc1OCC(=O)NC1NNC(C)C1c1cccc(Cl)c1. The first-order chi connectivity index (χ1) is 12.0. The zero-order chi connectivity index (χ0) is 17.8. The number of carbonyl (C=O) groups is 1. The number of para-hydroxylation sites is 1. The number of hydrazine groups is 1. The molecule has 0 bridgehead atoms. The molecule has 5 nitrogen and oxygen atoms in total. The van der Waals surface area contributed by atoms with Crippen LogP contribution in [0.3, 0.4) is 0 Å². The van der Waals surface area contributed by atoms with Crippen LogP contribution in [-0.4, -0.2) is 24.7 Å². The number of ether oxygens (including phenoxy) is 1. The lowest BCUT2D eigenvalue weighted by Crippen LogP contribution is -2.47. The number of carbonyl (C=O) groups excluding carboxylic acids is 1. The third-order valence-electron chi connectivity index (χ3n) is 4.37. The molecule has 2 aromatic rings. The summed E-state index contributed by atoms with van der Waals surface area (Å²) in [5.74, 6) is 0.611. The topological polar surface area (TPSA) is 62.4 Å². The van der Waals surface area contributed by atoms with Gasteiger partial charge in [-0.25, -0.2) is 5.43 Å². The lowest BCUT2D eigenvalue weighted by atomic mass is 9.91. The Bertz CT molecular complexity index is 753. The second-order valence-electron chi connectivity index (χ2n) is 6.26. The summed E-state index contributed by atoms with van der Waals surface area (Å²) in [6.07, 6.45) is -0.235. The zero-order valence-electron chi connectivity index (χ0n) is 14.3. The van der Waals surface area contributed by atoms with Crippen molar-refractivity contribution in [3.8, 4) is 5.75 Å². The number of nitrogens with one attached hydrogen (secondary N) is 3. The highest BCUT2D eigenvalue weighted by Crippen LogP contribution is 2.27. The molecule has 0 aromatic heterocycles. The van der Waals surface area contributed by atoms with Gasteiger partial charge in [0.25, 0.3) is 5.91 Å². The van der Waals surface area contributed by atoms with Crippen molar-refractivity contribution in [1.29, 1.82) is 0 Å². The monoisotopic (exact) mass is 359 g/mol. The molecule has 1 aliphatic rings. The summed E-state index contributed by atoms with van der Waals surface area (Å²) in [5.41, 5.74) is 8.38. The zero-order valence-corrected chi connectivity index (χ0v) is 15.0. The average Bonchev–Trinajstić information content (AvgIpc) is 2.94. The summed E-state index contributed by atoms with van der Waals surface area (Å²) in [7, 11) is 0. The molecule has 3 unspecified atom stereocenters. The van der Waals surface area contributed by atoms with E-state index in [4.69, 9.17) is 16.3 Å². The van der Waals surface area contributed by atoms with Crippen LogP contribution in [0.2, 0.25) is 5.02 Å². The van der Waals surface area contributed by atoms with Gasteiger partial charge >= 0.3 is 0 Å². The Kier molecular flexibility index (Phi) is 5.58. The van der Waals surface area contributed by atoms with Crippen LogP contribution >= 0.6 is 11.6 Å². The summed E-state index contributed by atoms with van der Waals surface area (Å²) in [5, 5.41) is 3.67. The predicted molar refractivity (Wildman–Crippen MR) is 98.5 cm³/mol. The fraction of sp³-hybridized carbons (Fsp3) is 0.316. The minimum Gasteiger partial charge on any atom is -0.484 e. The molecule has 0 radical (unpaired) electrons. The molecule has 1 aliphatic heterocycles. The van der Waals surface area contributed by atoms with Gasteiger partial charge in [-0.05, 0) is 43.2 Å². The smallest absolute Gasteiger partial charge is 0.259 e. The summed E-state index contributed by atoms with van der Waals surface area (Å²) < 4.78 is 5.61. The molecule has 1 saturated heterocycles. The third kappa shape index (κ3) is 4.31. The van der Waals surface area contributed by atoms with Crippen molar-refractivity contribution in [3.63, 3.8) is 0 Å². The van der Waals surface area contributed by atoms with Crippen LogP contribution < -0.4 is 20.9 Å². The Hall–Kier alpha value is -2.08. The van der Waals surface area contributed by atoms with Crippen LogP contribution in [-0.2, 0) is 4.79 Å². The average molecular weight is 360 g/mol. The van der Waals surface area contributed by atoms with Crippen LogP contribution in [0.25, 0.3) is 0 Å². The first kappa shape index (κ1) is 17.7. The highest BCUT2D eigenvalue weighted by molar-refractivity contribution is 6.30. The van der Waals surface area contributed by atoms with Gasteiger partial charge in [-0.15, -0.1) is 0 Å². The molecule has 25 heavy (non-hydrogen) atoms. The highest BCUT2D eigenvalue weighted by atomic mass is 35.5. The maximum absolute atomic E-state index is 12.3. The Morgan fingerprint density at radius 1 is 1.20 bits per heavy atom. The number of aryl methyl sites for hydroxylation is 1. The molecule has 132 valence electrons. The van der Waals surface area contributed by atoms with Gasteiger partial charge < -0.3 is 10.1 Å². The molecule has 2 aromatic carbocycles. The number of rotatable bonds is 5. The van der Waals surface area contributed by atoms with Gasteiger partial charge in [0.15, 0.2) is 6.61 Å². The first-order valence-corrected chi connectivity index (χ1v) is 8.66. The van der Waals surface area contributed by atoms with Gasteiger partial charge in [0, 0.05) is 17.0 Å². The maximum Gasteiger partial charge on any atom is 0.259 e. The van der Waals surface area contributed by atoms with E-state index in [1.807, 2.05) is 55.5 Å². The summed E-state index contributed by atoms with van der Waals surface area (Å²) in [6, 6.07) is 15.5. The van der Waals surface area contributed by atoms with Crippen molar-refractivity contribution in [1.82, 2.24) is 16.2 Å². The second kappa shape index (κ2) is 7.87. The number of hydrogen-bond donors (Lipinski definition) is 3. The lowest BCUT2D eigenvalue weighted by molar-refractivity contribution is -0.124. The van der Waals surface area contributed by atoms with Gasteiger partial charge in [0.05, 0.1) is 0 Å². The summed E-state index contributed by atoms with van der Waals surface area (Å²) in [4.78, 5) is 12.3. The van der Waals surface area contributed by atoms with Crippen molar-refractivity contribution in [3.05, 3.63) is 64.7 Å². The molecule has 0 saturated carbocycles. The Balaban J connectivity index is 1.63. The van der Waals surface area contributed by atoms with Crippen molar-refractivity contribution in [2.75, 3.05) is 6.61 Å². The largest absolute Gasteiger partial charge is 0.484 e. The minimum absolute atomic E-state index is 0.0281. The molecule has 1 heterocycles. The molecule has 6 heteroatoms. The van der Waals surface area contributed by atoms with Gasteiger partial charge in [0.1, 0.15) is 11.9 Å². The van der Waals surface area contributed by atoms with E-state index in [1.54, 1.807) is 0 Å². The fourth-order valence-electron chi connectivity index (χ4n) is 3.09. The van der Waals surface area contributed by atoms with Gasteiger partial charge in [-0.3, -0.25) is 10.2 Å².